The van der Waals surface area contributed by atoms with Gasteiger partial charge in [-0.25, -0.2) is 0 Å². The van der Waals surface area contributed by atoms with Crippen LogP contribution in [0.25, 0.3) is 0 Å². The first-order valence-electron chi connectivity index (χ1n) is 7.57. The van der Waals surface area contributed by atoms with E-state index in [4.69, 9.17) is 5.11 Å². The third kappa shape index (κ3) is 2.71. The van der Waals surface area contributed by atoms with Crippen LogP contribution < -0.4 is 0 Å². The van der Waals surface area contributed by atoms with Crippen LogP contribution in [0.15, 0.2) is 6.07 Å². The number of piperidine rings is 1. The molecule has 1 aromatic rings. The van der Waals surface area contributed by atoms with Crippen LogP contribution >= 0.6 is 11.3 Å². The molecule has 1 aromatic heterocycles. The van der Waals surface area contributed by atoms with E-state index in [0.29, 0.717) is 0 Å². The fourth-order valence-corrected chi connectivity index (χ4v) is 4.93. The van der Waals surface area contributed by atoms with Gasteiger partial charge in [-0.05, 0) is 51.5 Å². The van der Waals surface area contributed by atoms with Crippen LogP contribution in [0.2, 0.25) is 0 Å². The minimum absolute atomic E-state index is 0.151. The Morgan fingerprint density at radius 3 is 2.38 bits per heavy atom. The number of amides is 1. The van der Waals surface area contributed by atoms with Gasteiger partial charge in [0, 0.05) is 28.3 Å². The minimum Gasteiger partial charge on any atom is -0.481 e. The van der Waals surface area contributed by atoms with Gasteiger partial charge in [0.1, 0.15) is 0 Å². The molecule has 3 rings (SSSR count). The average Bonchev–Trinajstić information content (AvgIpc) is 2.85. The van der Waals surface area contributed by atoms with E-state index in [-0.39, 0.29) is 30.3 Å². The number of carbonyl (C=O) groups excluding carboxylic acids is 1. The van der Waals surface area contributed by atoms with Gasteiger partial charge >= 0.3 is 5.97 Å². The van der Waals surface area contributed by atoms with Crippen LogP contribution in [0.1, 0.15) is 52.2 Å². The topological polar surface area (TPSA) is 57.6 Å². The van der Waals surface area contributed by atoms with Crippen LogP contribution in [-0.2, 0) is 4.79 Å². The lowest BCUT2D eigenvalue weighted by Gasteiger charge is -2.38. The molecular formula is C16H21NO3S. The quantitative estimate of drug-likeness (QED) is 0.932. The Morgan fingerprint density at radius 1 is 1.29 bits per heavy atom. The highest BCUT2D eigenvalue weighted by molar-refractivity contribution is 7.12. The maximum Gasteiger partial charge on any atom is 0.303 e. The summed E-state index contributed by atoms with van der Waals surface area (Å²) in [5, 5.41) is 8.97. The van der Waals surface area contributed by atoms with Gasteiger partial charge < -0.3 is 10.0 Å². The summed E-state index contributed by atoms with van der Waals surface area (Å²) in [6.45, 7) is 4.03. The molecule has 0 aliphatic carbocycles. The number of carboxylic acid groups (broad SMARTS) is 1. The fraction of sp³-hybridized carbons (Fsp3) is 0.625. The highest BCUT2D eigenvalue weighted by Crippen LogP contribution is 2.41. The third-order valence-electron chi connectivity index (χ3n) is 4.80. The molecule has 114 valence electrons. The highest BCUT2D eigenvalue weighted by atomic mass is 32.1. The van der Waals surface area contributed by atoms with Crippen LogP contribution in [0.5, 0.6) is 0 Å². The number of fused-ring (bicyclic) bond motifs is 2. The second kappa shape index (κ2) is 5.44. The molecule has 2 aliphatic rings. The number of hydrogen-bond acceptors (Lipinski definition) is 3. The number of hydrogen-bond donors (Lipinski definition) is 1. The molecule has 0 spiro atoms. The molecule has 2 saturated heterocycles. The Balaban J connectivity index is 1.77. The summed E-state index contributed by atoms with van der Waals surface area (Å²) >= 11 is 1.67. The predicted octanol–water partition coefficient (Wildman–Crippen LogP) is 3.22. The number of nitrogens with zero attached hydrogens (tertiary/aromatic N) is 1. The van der Waals surface area contributed by atoms with Gasteiger partial charge in [-0.15, -0.1) is 11.3 Å². The van der Waals surface area contributed by atoms with E-state index in [1.54, 1.807) is 11.3 Å². The second-order valence-electron chi connectivity index (χ2n) is 6.36. The molecule has 3 heterocycles. The number of carboxylic acids is 1. The number of rotatable bonds is 3. The molecule has 4 nitrogen and oxygen atoms in total. The van der Waals surface area contributed by atoms with Crippen molar-refractivity contribution in [1.82, 2.24) is 4.90 Å². The summed E-state index contributed by atoms with van der Waals surface area (Å²) in [6.07, 6.45) is 3.97. The largest absolute Gasteiger partial charge is 0.481 e. The lowest BCUT2D eigenvalue weighted by atomic mass is 9.88. The Kier molecular flexibility index (Phi) is 3.78. The number of carbonyl (C=O) groups is 2. The molecule has 0 radical (unpaired) electrons. The Bertz CT molecular complexity index is 566. The monoisotopic (exact) mass is 307 g/mol. The maximum atomic E-state index is 12.8. The van der Waals surface area contributed by atoms with E-state index in [0.717, 1.165) is 36.1 Å². The van der Waals surface area contributed by atoms with E-state index in [2.05, 4.69) is 0 Å². The SMILES string of the molecule is Cc1cc(C(=O)N2C3CCC2CC(CC(=O)O)C3)c(C)s1. The van der Waals surface area contributed by atoms with Gasteiger partial charge in [0.25, 0.3) is 5.91 Å². The Morgan fingerprint density at radius 2 is 1.90 bits per heavy atom. The van der Waals surface area contributed by atoms with Crippen LogP contribution in [0.4, 0.5) is 0 Å². The van der Waals surface area contributed by atoms with Gasteiger partial charge in [0.15, 0.2) is 0 Å². The van der Waals surface area contributed by atoms with Crippen molar-refractivity contribution in [2.75, 3.05) is 0 Å². The van der Waals surface area contributed by atoms with Crippen molar-refractivity contribution in [1.29, 1.82) is 0 Å². The first-order valence-corrected chi connectivity index (χ1v) is 8.39. The van der Waals surface area contributed by atoms with Crippen LogP contribution in [-0.4, -0.2) is 34.0 Å². The van der Waals surface area contributed by atoms with Gasteiger partial charge in [-0.2, -0.15) is 0 Å². The first-order chi connectivity index (χ1) is 9.95. The van der Waals surface area contributed by atoms with Gasteiger partial charge in [-0.1, -0.05) is 0 Å². The first kappa shape index (κ1) is 14.6. The lowest BCUT2D eigenvalue weighted by Crippen LogP contribution is -2.46. The standard InChI is InChI=1S/C16H21NO3S/c1-9-5-14(10(2)21-9)16(20)17-12-3-4-13(17)7-11(6-12)8-15(18)19/h5,11-13H,3-4,6-8H2,1-2H3,(H,18,19). The summed E-state index contributed by atoms with van der Waals surface area (Å²) in [7, 11) is 0. The minimum atomic E-state index is -0.719. The molecule has 2 unspecified atom stereocenters. The van der Waals surface area contributed by atoms with Crippen molar-refractivity contribution >= 4 is 23.2 Å². The third-order valence-corrected chi connectivity index (χ3v) is 5.77. The van der Waals surface area contributed by atoms with E-state index >= 15 is 0 Å². The van der Waals surface area contributed by atoms with Gasteiger partial charge in [-0.3, -0.25) is 9.59 Å². The van der Waals surface area contributed by atoms with Crippen molar-refractivity contribution in [3.8, 4) is 0 Å². The summed E-state index contributed by atoms with van der Waals surface area (Å²) < 4.78 is 0. The summed E-state index contributed by atoms with van der Waals surface area (Å²) in [4.78, 5) is 28.1. The normalized spacial score (nSPS) is 27.9. The van der Waals surface area contributed by atoms with Crippen molar-refractivity contribution < 1.29 is 14.7 Å². The van der Waals surface area contributed by atoms with E-state index in [1.807, 2.05) is 24.8 Å². The molecule has 2 bridgehead atoms. The molecule has 2 aliphatic heterocycles. The molecule has 1 N–H and O–H groups in total. The second-order valence-corrected chi connectivity index (χ2v) is 7.82. The van der Waals surface area contributed by atoms with Crippen LogP contribution in [0.3, 0.4) is 0 Å². The Hall–Kier alpha value is -1.36. The molecule has 21 heavy (non-hydrogen) atoms. The highest BCUT2D eigenvalue weighted by Gasteiger charge is 2.44. The lowest BCUT2D eigenvalue weighted by molar-refractivity contribution is -0.138. The van der Waals surface area contributed by atoms with Crippen molar-refractivity contribution in [2.45, 2.75) is 58.0 Å². The molecule has 5 heteroatoms. The van der Waals surface area contributed by atoms with Gasteiger partial charge in [0.2, 0.25) is 0 Å². The maximum absolute atomic E-state index is 12.8. The van der Waals surface area contributed by atoms with E-state index in [1.165, 1.54) is 4.88 Å². The molecular weight excluding hydrogens is 286 g/mol. The van der Waals surface area contributed by atoms with Crippen LogP contribution in [0, 0.1) is 19.8 Å². The zero-order valence-corrected chi connectivity index (χ0v) is 13.3. The number of thiophene rings is 1. The fourth-order valence-electron chi connectivity index (χ4n) is 4.02. The van der Waals surface area contributed by atoms with E-state index in [9.17, 15) is 9.59 Å². The Labute approximate surface area is 128 Å². The van der Waals surface area contributed by atoms with Crippen molar-refractivity contribution in [3.05, 3.63) is 21.4 Å². The van der Waals surface area contributed by atoms with Crippen molar-refractivity contribution in [2.24, 2.45) is 5.92 Å². The van der Waals surface area contributed by atoms with Crippen molar-refractivity contribution in [3.63, 3.8) is 0 Å². The smallest absolute Gasteiger partial charge is 0.303 e. The number of aliphatic carboxylic acids is 1. The summed E-state index contributed by atoms with van der Waals surface area (Å²) in [6, 6.07) is 2.46. The predicted molar refractivity (Wildman–Crippen MR) is 81.7 cm³/mol. The molecule has 2 fully saturated rings. The molecule has 2 atom stereocenters. The summed E-state index contributed by atoms with van der Waals surface area (Å²) in [5.74, 6) is -0.337. The van der Waals surface area contributed by atoms with E-state index < -0.39 is 5.97 Å². The summed E-state index contributed by atoms with van der Waals surface area (Å²) in [5.41, 5.74) is 0.839. The molecule has 1 amide bonds. The zero-order chi connectivity index (χ0) is 15.1. The zero-order valence-electron chi connectivity index (χ0n) is 12.5. The molecule has 0 aromatic carbocycles. The van der Waals surface area contributed by atoms with Gasteiger partial charge in [0.05, 0.1) is 5.56 Å². The number of aryl methyl sites for hydroxylation is 2. The average molecular weight is 307 g/mol. The molecule has 0 saturated carbocycles.